The van der Waals surface area contributed by atoms with E-state index in [2.05, 4.69) is 10.6 Å². The Labute approximate surface area is 179 Å². The first-order valence-electron chi connectivity index (χ1n) is 10.1. The normalized spacial score (nSPS) is 15.5. The number of carbonyl (C=O) groups is 1. The molecule has 2 N–H and O–H groups in total. The van der Waals surface area contributed by atoms with E-state index in [1.54, 1.807) is 12.1 Å². The molecule has 6 heteroatoms. The van der Waals surface area contributed by atoms with Gasteiger partial charge >= 0.3 is 0 Å². The maximum absolute atomic E-state index is 13.7. The molecule has 154 valence electrons. The lowest BCUT2D eigenvalue weighted by Gasteiger charge is -2.31. The zero-order valence-electron chi connectivity index (χ0n) is 17.2. The van der Waals surface area contributed by atoms with Crippen LogP contribution in [0, 0.1) is 12.7 Å². The van der Waals surface area contributed by atoms with Crippen molar-refractivity contribution < 1.29 is 9.18 Å². The van der Waals surface area contributed by atoms with E-state index in [0.29, 0.717) is 17.2 Å². The van der Waals surface area contributed by atoms with E-state index in [1.165, 1.54) is 12.1 Å². The van der Waals surface area contributed by atoms with Crippen LogP contribution in [0.2, 0.25) is 0 Å². The lowest BCUT2D eigenvalue weighted by Crippen LogP contribution is -2.31. The summed E-state index contributed by atoms with van der Waals surface area (Å²) in [7, 11) is 0. The van der Waals surface area contributed by atoms with Crippen LogP contribution >= 0.6 is 0 Å². The van der Waals surface area contributed by atoms with Crippen molar-refractivity contribution in [2.24, 2.45) is 0 Å². The molecule has 1 atom stereocenters. The molecule has 0 fully saturated rings. The molecule has 0 bridgehead atoms. The van der Waals surface area contributed by atoms with E-state index in [0.717, 1.165) is 27.8 Å². The van der Waals surface area contributed by atoms with Gasteiger partial charge in [-0.2, -0.15) is 0 Å². The number of amides is 1. The number of rotatable bonds is 3. The van der Waals surface area contributed by atoms with Crippen LogP contribution < -0.4 is 10.6 Å². The number of nitrogens with one attached hydrogen (secondary N) is 2. The number of allylic oxidation sites excluding steroid dienone is 1. The summed E-state index contributed by atoms with van der Waals surface area (Å²) in [5, 5.41) is 6.34. The summed E-state index contributed by atoms with van der Waals surface area (Å²) >= 11 is 0. The molecule has 0 saturated carbocycles. The summed E-state index contributed by atoms with van der Waals surface area (Å²) < 4.78 is 15.7. The number of hydrogen-bond donors (Lipinski definition) is 2. The van der Waals surface area contributed by atoms with Gasteiger partial charge in [-0.25, -0.2) is 9.37 Å². The fraction of sp³-hybridized carbons (Fsp3) is 0.120. The first kappa shape index (κ1) is 19.1. The molecule has 0 spiro atoms. The van der Waals surface area contributed by atoms with Crippen molar-refractivity contribution in [3.8, 4) is 0 Å². The number of nitrogens with zero attached hydrogens (tertiary/aromatic N) is 2. The number of hydrogen-bond acceptors (Lipinski definition) is 3. The third kappa shape index (κ3) is 3.26. The number of carbonyl (C=O) groups excluding carboxylic acids is 1. The Bertz CT molecular complexity index is 1340. The Morgan fingerprint density at radius 1 is 1.00 bits per heavy atom. The van der Waals surface area contributed by atoms with Gasteiger partial charge in [0, 0.05) is 11.4 Å². The standard InChI is InChI=1S/C25H21FN4O/c1-15-7-3-4-8-19(15)28-24(31)22-16(2)27-25-29-20-9-5-6-10-21(20)30(25)23(22)17-11-13-18(26)14-12-17/h3-14,23H,1-2H3,(H,27,29)(H,28,31)/t23-/m0/s1. The van der Waals surface area contributed by atoms with Crippen molar-refractivity contribution in [1.29, 1.82) is 0 Å². The lowest BCUT2D eigenvalue weighted by atomic mass is 9.94. The minimum atomic E-state index is -0.451. The molecule has 0 saturated heterocycles. The molecule has 0 radical (unpaired) electrons. The van der Waals surface area contributed by atoms with Gasteiger partial charge in [-0.3, -0.25) is 9.36 Å². The van der Waals surface area contributed by atoms with Crippen molar-refractivity contribution in [3.05, 3.63) is 101 Å². The summed E-state index contributed by atoms with van der Waals surface area (Å²) in [4.78, 5) is 18.2. The van der Waals surface area contributed by atoms with Crippen LogP contribution in [0.15, 0.2) is 84.1 Å². The van der Waals surface area contributed by atoms with Crippen molar-refractivity contribution in [2.45, 2.75) is 19.9 Å². The highest BCUT2D eigenvalue weighted by Gasteiger charge is 2.34. The van der Waals surface area contributed by atoms with Crippen molar-refractivity contribution in [2.75, 3.05) is 10.6 Å². The van der Waals surface area contributed by atoms with Crippen LogP contribution in [0.4, 0.5) is 16.0 Å². The zero-order valence-corrected chi connectivity index (χ0v) is 17.2. The highest BCUT2D eigenvalue weighted by molar-refractivity contribution is 6.06. The van der Waals surface area contributed by atoms with Crippen molar-refractivity contribution >= 4 is 28.6 Å². The summed E-state index contributed by atoms with van der Waals surface area (Å²) in [6.07, 6.45) is 0. The van der Waals surface area contributed by atoms with Gasteiger partial charge in [-0.15, -0.1) is 0 Å². The van der Waals surface area contributed by atoms with E-state index in [9.17, 15) is 9.18 Å². The van der Waals surface area contributed by atoms with E-state index in [1.807, 2.05) is 66.9 Å². The van der Waals surface area contributed by atoms with E-state index < -0.39 is 6.04 Å². The highest BCUT2D eigenvalue weighted by Crippen LogP contribution is 2.39. The number of fused-ring (bicyclic) bond motifs is 3. The Morgan fingerprint density at radius 3 is 2.48 bits per heavy atom. The predicted molar refractivity (Wildman–Crippen MR) is 120 cm³/mol. The van der Waals surface area contributed by atoms with Crippen LogP contribution in [-0.2, 0) is 4.79 Å². The van der Waals surface area contributed by atoms with Gasteiger partial charge in [0.15, 0.2) is 0 Å². The van der Waals surface area contributed by atoms with Gasteiger partial charge in [-0.1, -0.05) is 42.5 Å². The first-order chi connectivity index (χ1) is 15.0. The predicted octanol–water partition coefficient (Wildman–Crippen LogP) is 5.41. The smallest absolute Gasteiger partial charge is 0.255 e. The molecular weight excluding hydrogens is 391 g/mol. The number of anilines is 2. The number of aromatic nitrogens is 2. The minimum absolute atomic E-state index is 0.211. The fourth-order valence-electron chi connectivity index (χ4n) is 4.12. The Hall–Kier alpha value is -3.93. The summed E-state index contributed by atoms with van der Waals surface area (Å²) in [5.74, 6) is 0.123. The molecule has 0 aliphatic carbocycles. The molecule has 4 aromatic rings. The van der Waals surface area contributed by atoms with Crippen LogP contribution in [0.5, 0.6) is 0 Å². The Kier molecular flexibility index (Phi) is 4.55. The van der Waals surface area contributed by atoms with Gasteiger partial charge in [-0.05, 0) is 55.3 Å². The maximum atomic E-state index is 13.7. The average Bonchev–Trinajstić information content (AvgIpc) is 3.13. The van der Waals surface area contributed by atoms with E-state index in [4.69, 9.17) is 4.98 Å². The van der Waals surface area contributed by atoms with Gasteiger partial charge < -0.3 is 10.6 Å². The van der Waals surface area contributed by atoms with Gasteiger partial charge in [0.1, 0.15) is 5.82 Å². The number of para-hydroxylation sites is 3. The van der Waals surface area contributed by atoms with Crippen molar-refractivity contribution in [3.63, 3.8) is 0 Å². The molecule has 1 aliphatic rings. The van der Waals surface area contributed by atoms with Gasteiger partial charge in [0.2, 0.25) is 5.95 Å². The average molecular weight is 412 g/mol. The maximum Gasteiger partial charge on any atom is 0.255 e. The highest BCUT2D eigenvalue weighted by atomic mass is 19.1. The second-order valence-electron chi connectivity index (χ2n) is 7.68. The number of halogens is 1. The number of benzene rings is 3. The third-order valence-corrected chi connectivity index (χ3v) is 5.65. The zero-order chi connectivity index (χ0) is 21.5. The molecule has 2 heterocycles. The Morgan fingerprint density at radius 2 is 1.71 bits per heavy atom. The van der Waals surface area contributed by atoms with E-state index >= 15 is 0 Å². The summed E-state index contributed by atoms with van der Waals surface area (Å²) in [6, 6.07) is 21.3. The molecule has 3 aromatic carbocycles. The molecule has 31 heavy (non-hydrogen) atoms. The Balaban J connectivity index is 1.67. The monoisotopic (exact) mass is 412 g/mol. The molecule has 1 aliphatic heterocycles. The molecule has 5 nitrogen and oxygen atoms in total. The number of aryl methyl sites for hydroxylation is 1. The lowest BCUT2D eigenvalue weighted by molar-refractivity contribution is -0.113. The van der Waals surface area contributed by atoms with Crippen LogP contribution in [0.25, 0.3) is 11.0 Å². The second-order valence-corrected chi connectivity index (χ2v) is 7.68. The van der Waals surface area contributed by atoms with Crippen molar-refractivity contribution in [1.82, 2.24) is 9.55 Å². The summed E-state index contributed by atoms with van der Waals surface area (Å²) in [5.41, 5.74) is 5.53. The number of imidazole rings is 1. The fourth-order valence-corrected chi connectivity index (χ4v) is 4.12. The molecule has 1 amide bonds. The van der Waals surface area contributed by atoms with Crippen LogP contribution in [0.3, 0.4) is 0 Å². The molecule has 0 unspecified atom stereocenters. The summed E-state index contributed by atoms with van der Waals surface area (Å²) in [6.45, 7) is 3.82. The van der Waals surface area contributed by atoms with Gasteiger partial charge in [0.05, 0.1) is 22.6 Å². The molecule has 1 aromatic heterocycles. The van der Waals surface area contributed by atoms with Gasteiger partial charge in [0.25, 0.3) is 5.91 Å². The van der Waals surface area contributed by atoms with E-state index in [-0.39, 0.29) is 11.7 Å². The second kappa shape index (κ2) is 7.40. The molecular formula is C25H21FN4O. The largest absolute Gasteiger partial charge is 0.329 e. The SMILES string of the molecule is CC1=C(C(=O)Nc2ccccc2C)[C@H](c2ccc(F)cc2)n2c(nc3ccccc32)N1. The first-order valence-corrected chi connectivity index (χ1v) is 10.1. The minimum Gasteiger partial charge on any atom is -0.329 e. The molecule has 5 rings (SSSR count). The third-order valence-electron chi connectivity index (χ3n) is 5.65. The van der Waals surface area contributed by atoms with Crippen LogP contribution in [0.1, 0.15) is 24.1 Å². The quantitative estimate of drug-likeness (QED) is 0.473. The topological polar surface area (TPSA) is 59.0 Å². The van der Waals surface area contributed by atoms with Crippen LogP contribution in [-0.4, -0.2) is 15.5 Å².